The average molecular weight is 180 g/mol. The fourth-order valence-electron chi connectivity index (χ4n) is 0.899. The van der Waals surface area contributed by atoms with Gasteiger partial charge in [-0.1, -0.05) is 24.3 Å². The third-order valence-electron chi connectivity index (χ3n) is 1.80. The number of ether oxygens (including phenoxy) is 1. The largest absolute Gasteiger partial charge is 0.378 e. The lowest BCUT2D eigenvalue weighted by Gasteiger charge is -2.01. The zero-order valence-electron chi connectivity index (χ0n) is 7.83. The second-order valence-corrected chi connectivity index (χ2v) is 2.85. The highest BCUT2D eigenvalue weighted by Crippen LogP contribution is 2.05. The highest BCUT2D eigenvalue weighted by atomic mass is 19.1. The summed E-state index contributed by atoms with van der Waals surface area (Å²) in [5.41, 5.74) is 0.977. The molecule has 1 atom stereocenters. The summed E-state index contributed by atoms with van der Waals surface area (Å²) in [6.07, 6.45) is 3.92. The van der Waals surface area contributed by atoms with E-state index >= 15 is 0 Å². The van der Waals surface area contributed by atoms with Crippen LogP contribution in [0.2, 0.25) is 0 Å². The van der Waals surface area contributed by atoms with Gasteiger partial charge in [-0.25, -0.2) is 4.39 Å². The van der Waals surface area contributed by atoms with Crippen molar-refractivity contribution in [2.45, 2.75) is 13.0 Å². The molecule has 0 heterocycles. The number of benzene rings is 1. The van der Waals surface area contributed by atoms with Gasteiger partial charge < -0.3 is 4.74 Å². The molecular formula is C11H13FO. The van der Waals surface area contributed by atoms with E-state index in [9.17, 15) is 4.39 Å². The molecule has 1 unspecified atom stereocenters. The van der Waals surface area contributed by atoms with E-state index in [4.69, 9.17) is 4.74 Å². The Morgan fingerprint density at radius 1 is 1.31 bits per heavy atom. The van der Waals surface area contributed by atoms with Crippen LogP contribution in [-0.4, -0.2) is 13.2 Å². The molecule has 0 spiro atoms. The predicted molar refractivity (Wildman–Crippen MR) is 51.9 cm³/mol. The molecule has 13 heavy (non-hydrogen) atoms. The summed E-state index contributed by atoms with van der Waals surface area (Å²) in [7, 11) is 1.65. The molecule has 1 aromatic carbocycles. The third-order valence-corrected chi connectivity index (χ3v) is 1.80. The fraction of sp³-hybridized carbons (Fsp3) is 0.273. The Balaban J connectivity index is 2.64. The molecule has 1 aromatic rings. The Kier molecular flexibility index (Phi) is 3.65. The van der Waals surface area contributed by atoms with Crippen molar-refractivity contribution in [1.82, 2.24) is 0 Å². The summed E-state index contributed by atoms with van der Waals surface area (Å²) in [4.78, 5) is 0. The van der Waals surface area contributed by atoms with E-state index in [1.807, 2.05) is 19.1 Å². The van der Waals surface area contributed by atoms with Gasteiger partial charge in [0.25, 0.3) is 0 Å². The van der Waals surface area contributed by atoms with Gasteiger partial charge >= 0.3 is 0 Å². The van der Waals surface area contributed by atoms with Crippen molar-refractivity contribution in [2.75, 3.05) is 7.11 Å². The fourth-order valence-corrected chi connectivity index (χ4v) is 0.899. The SMILES string of the molecule is COC(C)/C=C/c1ccc(F)cc1. The first-order chi connectivity index (χ1) is 6.22. The minimum absolute atomic E-state index is 0.0880. The standard InChI is InChI=1S/C11H13FO/c1-9(13-2)3-4-10-5-7-11(12)8-6-10/h3-9H,1-2H3/b4-3+. The Morgan fingerprint density at radius 2 is 1.92 bits per heavy atom. The highest BCUT2D eigenvalue weighted by molar-refractivity contribution is 5.49. The summed E-state index contributed by atoms with van der Waals surface area (Å²) in [6, 6.07) is 6.34. The molecule has 0 radical (unpaired) electrons. The topological polar surface area (TPSA) is 9.23 Å². The monoisotopic (exact) mass is 180 g/mol. The molecule has 0 amide bonds. The zero-order valence-corrected chi connectivity index (χ0v) is 7.83. The van der Waals surface area contributed by atoms with Crippen LogP contribution in [0.5, 0.6) is 0 Å². The number of rotatable bonds is 3. The van der Waals surface area contributed by atoms with Crippen molar-refractivity contribution < 1.29 is 9.13 Å². The van der Waals surface area contributed by atoms with Gasteiger partial charge in [-0.2, -0.15) is 0 Å². The molecule has 0 saturated heterocycles. The molecule has 0 aliphatic heterocycles. The van der Waals surface area contributed by atoms with Crippen LogP contribution in [0.4, 0.5) is 4.39 Å². The predicted octanol–water partition coefficient (Wildman–Crippen LogP) is 2.87. The van der Waals surface area contributed by atoms with E-state index in [1.54, 1.807) is 19.2 Å². The van der Waals surface area contributed by atoms with E-state index in [-0.39, 0.29) is 11.9 Å². The first kappa shape index (κ1) is 9.93. The Labute approximate surface area is 77.8 Å². The Morgan fingerprint density at radius 3 is 2.46 bits per heavy atom. The van der Waals surface area contributed by atoms with Crippen LogP contribution in [0.1, 0.15) is 12.5 Å². The minimum atomic E-state index is -0.211. The van der Waals surface area contributed by atoms with Crippen molar-refractivity contribution >= 4 is 6.08 Å². The van der Waals surface area contributed by atoms with Gasteiger partial charge in [-0.05, 0) is 24.6 Å². The number of hydrogen-bond donors (Lipinski definition) is 0. The van der Waals surface area contributed by atoms with Crippen LogP contribution >= 0.6 is 0 Å². The maximum absolute atomic E-state index is 12.5. The van der Waals surface area contributed by atoms with Crippen LogP contribution in [0.3, 0.4) is 0 Å². The second-order valence-electron chi connectivity index (χ2n) is 2.85. The molecule has 0 aromatic heterocycles. The molecular weight excluding hydrogens is 167 g/mol. The first-order valence-corrected chi connectivity index (χ1v) is 4.19. The van der Waals surface area contributed by atoms with Gasteiger partial charge in [0.15, 0.2) is 0 Å². The van der Waals surface area contributed by atoms with Gasteiger partial charge in [0.05, 0.1) is 6.10 Å². The Hall–Kier alpha value is -1.15. The zero-order chi connectivity index (χ0) is 9.68. The van der Waals surface area contributed by atoms with E-state index in [0.29, 0.717) is 0 Å². The molecule has 1 nitrogen and oxygen atoms in total. The molecule has 70 valence electrons. The smallest absolute Gasteiger partial charge is 0.123 e. The minimum Gasteiger partial charge on any atom is -0.378 e. The summed E-state index contributed by atoms with van der Waals surface area (Å²) in [6.45, 7) is 1.94. The Bertz CT molecular complexity index is 277. The van der Waals surface area contributed by atoms with Crippen LogP contribution in [0, 0.1) is 5.82 Å². The normalized spacial score (nSPS) is 13.5. The average Bonchev–Trinajstić information content (AvgIpc) is 2.16. The molecule has 0 aliphatic carbocycles. The number of halogens is 1. The number of methoxy groups -OCH3 is 1. The quantitative estimate of drug-likeness (QED) is 0.695. The van der Waals surface area contributed by atoms with Gasteiger partial charge in [-0.3, -0.25) is 0 Å². The van der Waals surface area contributed by atoms with Crippen LogP contribution < -0.4 is 0 Å². The number of hydrogen-bond acceptors (Lipinski definition) is 1. The van der Waals surface area contributed by atoms with E-state index in [1.165, 1.54) is 12.1 Å². The van der Waals surface area contributed by atoms with Crippen molar-refractivity contribution in [3.8, 4) is 0 Å². The molecule has 0 fully saturated rings. The lowest BCUT2D eigenvalue weighted by atomic mass is 10.2. The third kappa shape index (κ3) is 3.38. The van der Waals surface area contributed by atoms with E-state index in [2.05, 4.69) is 0 Å². The van der Waals surface area contributed by atoms with Crippen LogP contribution in [0.25, 0.3) is 6.08 Å². The second kappa shape index (κ2) is 4.77. The van der Waals surface area contributed by atoms with Crippen LogP contribution in [-0.2, 0) is 4.74 Å². The highest BCUT2D eigenvalue weighted by Gasteiger charge is 1.92. The van der Waals surface area contributed by atoms with Crippen LogP contribution in [0.15, 0.2) is 30.3 Å². The summed E-state index contributed by atoms with van der Waals surface area (Å²) < 4.78 is 17.5. The maximum atomic E-state index is 12.5. The maximum Gasteiger partial charge on any atom is 0.123 e. The van der Waals surface area contributed by atoms with Gasteiger partial charge in [0.1, 0.15) is 5.82 Å². The van der Waals surface area contributed by atoms with Crippen molar-refractivity contribution in [2.24, 2.45) is 0 Å². The van der Waals surface area contributed by atoms with Crippen molar-refractivity contribution in [3.05, 3.63) is 41.7 Å². The summed E-state index contributed by atoms with van der Waals surface area (Å²) >= 11 is 0. The van der Waals surface area contributed by atoms with Gasteiger partial charge in [0, 0.05) is 7.11 Å². The summed E-state index contributed by atoms with van der Waals surface area (Å²) in [5.74, 6) is -0.211. The first-order valence-electron chi connectivity index (χ1n) is 4.19. The van der Waals surface area contributed by atoms with Crippen molar-refractivity contribution in [1.29, 1.82) is 0 Å². The lowest BCUT2D eigenvalue weighted by Crippen LogP contribution is -1.98. The lowest BCUT2D eigenvalue weighted by molar-refractivity contribution is 0.157. The molecule has 0 N–H and O–H groups in total. The van der Waals surface area contributed by atoms with E-state index in [0.717, 1.165) is 5.56 Å². The molecule has 0 aliphatic rings. The van der Waals surface area contributed by atoms with E-state index < -0.39 is 0 Å². The molecule has 0 bridgehead atoms. The van der Waals surface area contributed by atoms with Gasteiger partial charge in [0.2, 0.25) is 0 Å². The van der Waals surface area contributed by atoms with Gasteiger partial charge in [-0.15, -0.1) is 0 Å². The summed E-state index contributed by atoms with van der Waals surface area (Å²) in [5, 5.41) is 0. The van der Waals surface area contributed by atoms with Crippen molar-refractivity contribution in [3.63, 3.8) is 0 Å². The molecule has 2 heteroatoms. The molecule has 1 rings (SSSR count). The molecule has 0 saturated carbocycles.